The van der Waals surface area contributed by atoms with E-state index in [0.717, 1.165) is 12.8 Å². The molecular weight excluding hydrogens is 312 g/mol. The largest absolute Gasteiger partial charge is 0.388 e. The number of aliphatic hydroxyl groups excluding tert-OH is 1. The number of carbonyl (C=O) groups excluding carboxylic acids is 2. The van der Waals surface area contributed by atoms with Crippen LogP contribution >= 0.6 is 11.8 Å². The number of hydrogen-bond donors (Lipinski definition) is 1. The highest BCUT2D eigenvalue weighted by Crippen LogP contribution is 2.54. The van der Waals surface area contributed by atoms with Gasteiger partial charge in [-0.2, -0.15) is 0 Å². The van der Waals surface area contributed by atoms with Gasteiger partial charge in [-0.3, -0.25) is 9.59 Å². The second-order valence-electron chi connectivity index (χ2n) is 7.37. The second-order valence-corrected chi connectivity index (χ2v) is 9.09. The number of fused-ring (bicyclic) bond motifs is 1. The number of aliphatic hydroxyl groups is 1. The Morgan fingerprint density at radius 1 is 1.26 bits per heavy atom. The molecule has 5 heteroatoms. The minimum absolute atomic E-state index is 0.0281. The van der Waals surface area contributed by atoms with Gasteiger partial charge in [0, 0.05) is 34.5 Å². The smallest absolute Gasteiger partial charge is 0.199 e. The average Bonchev–Trinajstić information content (AvgIpc) is 2.51. The Bertz CT molecular complexity index is 727. The molecule has 3 atom stereocenters. The molecule has 5 aliphatic rings. The summed E-state index contributed by atoms with van der Waals surface area (Å²) < 4.78 is 5.43. The molecule has 0 saturated carbocycles. The van der Waals surface area contributed by atoms with E-state index in [1.54, 1.807) is 7.11 Å². The molecule has 0 radical (unpaired) electrons. The number of ether oxygens (including phenoxy) is 1. The Morgan fingerprint density at radius 3 is 2.61 bits per heavy atom. The lowest BCUT2D eigenvalue weighted by Gasteiger charge is -2.47. The third-order valence-electron chi connectivity index (χ3n) is 5.42. The summed E-state index contributed by atoms with van der Waals surface area (Å²) in [5.74, 6) is -0.303. The van der Waals surface area contributed by atoms with Gasteiger partial charge in [0.2, 0.25) is 0 Å². The van der Waals surface area contributed by atoms with E-state index >= 15 is 0 Å². The van der Waals surface area contributed by atoms with Crippen LogP contribution < -0.4 is 0 Å². The maximum absolute atomic E-state index is 13.2. The zero-order chi connectivity index (χ0) is 16.6. The minimum atomic E-state index is -0.866. The van der Waals surface area contributed by atoms with Crippen molar-refractivity contribution >= 4 is 23.3 Å². The van der Waals surface area contributed by atoms with Crippen molar-refractivity contribution in [2.24, 2.45) is 5.92 Å². The van der Waals surface area contributed by atoms with E-state index in [1.807, 2.05) is 26.0 Å². The Balaban J connectivity index is 1.90. The lowest BCUT2D eigenvalue weighted by Crippen LogP contribution is -2.49. The molecular formula is C18H20O4S. The Morgan fingerprint density at radius 2 is 2.00 bits per heavy atom. The van der Waals surface area contributed by atoms with E-state index in [1.165, 1.54) is 11.8 Å². The maximum Gasteiger partial charge on any atom is 0.199 e. The predicted molar refractivity (Wildman–Crippen MR) is 88.0 cm³/mol. The first-order chi connectivity index (χ1) is 10.8. The van der Waals surface area contributed by atoms with Gasteiger partial charge in [-0.05, 0) is 19.3 Å². The van der Waals surface area contributed by atoms with Gasteiger partial charge in [0.1, 0.15) is 5.60 Å². The summed E-state index contributed by atoms with van der Waals surface area (Å²) in [4.78, 5) is 26.7. The zero-order valence-corrected chi connectivity index (χ0v) is 14.3. The first-order valence-corrected chi connectivity index (χ1v) is 8.81. The van der Waals surface area contributed by atoms with Crippen LogP contribution in [0.5, 0.6) is 0 Å². The highest BCUT2D eigenvalue weighted by atomic mass is 32.2. The minimum Gasteiger partial charge on any atom is -0.388 e. The topological polar surface area (TPSA) is 63.6 Å². The summed E-state index contributed by atoms with van der Waals surface area (Å²) in [6, 6.07) is 0. The molecule has 0 spiro atoms. The molecule has 5 rings (SSSR count). The molecule has 3 unspecified atom stereocenters. The zero-order valence-electron chi connectivity index (χ0n) is 13.5. The first-order valence-electron chi connectivity index (χ1n) is 7.99. The van der Waals surface area contributed by atoms with Gasteiger partial charge in [0.25, 0.3) is 0 Å². The summed E-state index contributed by atoms with van der Waals surface area (Å²) in [7, 11) is 1.59. The average molecular weight is 332 g/mol. The van der Waals surface area contributed by atoms with Gasteiger partial charge in [0.15, 0.2) is 11.6 Å². The lowest BCUT2D eigenvalue weighted by atomic mass is 9.63. The van der Waals surface area contributed by atoms with E-state index in [0.29, 0.717) is 28.0 Å². The number of hydrogen-bond acceptors (Lipinski definition) is 5. The van der Waals surface area contributed by atoms with Crippen LogP contribution in [-0.2, 0) is 14.3 Å². The number of rotatable bonds is 1. The van der Waals surface area contributed by atoms with Crippen LogP contribution in [0.4, 0.5) is 0 Å². The second kappa shape index (κ2) is 4.68. The van der Waals surface area contributed by atoms with Crippen molar-refractivity contribution in [3.05, 3.63) is 33.8 Å². The molecule has 0 amide bonds. The van der Waals surface area contributed by atoms with Crippen molar-refractivity contribution in [1.29, 1.82) is 0 Å². The van der Waals surface area contributed by atoms with Crippen molar-refractivity contribution in [2.45, 2.75) is 49.6 Å². The summed E-state index contributed by atoms with van der Waals surface area (Å²) in [5, 5.41) is 10.5. The van der Waals surface area contributed by atoms with Crippen LogP contribution in [0.1, 0.15) is 33.1 Å². The fourth-order valence-electron chi connectivity index (χ4n) is 4.33. The number of carbonyl (C=O) groups is 2. The standard InChI is InChI=1S/C18H20O4S/c1-17(2)8-10(19)12-14(20)11-9-4-6-18(22-3,7-5-9)13(11)15(21)16(12)23-17/h4,6,9-10,19H,5,7-8H2,1-3H3. The third-order valence-corrected chi connectivity index (χ3v) is 6.74. The number of methoxy groups -OCH3 is 1. The monoisotopic (exact) mass is 332 g/mol. The molecule has 2 bridgehead atoms. The number of Topliss-reactive ketones (excluding diaryl/α,β-unsaturated/α-hetero) is 2. The Kier molecular flexibility index (Phi) is 3.13. The maximum atomic E-state index is 13.2. The number of ketones is 2. The molecule has 0 saturated heterocycles. The van der Waals surface area contributed by atoms with Crippen molar-refractivity contribution < 1.29 is 19.4 Å². The molecule has 1 N–H and O–H groups in total. The summed E-state index contributed by atoms with van der Waals surface area (Å²) >= 11 is 1.42. The number of allylic oxidation sites excluding steroid dienone is 3. The molecule has 0 aromatic rings. The van der Waals surface area contributed by atoms with Crippen LogP contribution in [0.25, 0.3) is 0 Å². The van der Waals surface area contributed by atoms with Gasteiger partial charge < -0.3 is 9.84 Å². The quantitative estimate of drug-likeness (QED) is 0.590. The van der Waals surface area contributed by atoms with E-state index in [9.17, 15) is 14.7 Å². The molecule has 4 aliphatic carbocycles. The van der Waals surface area contributed by atoms with Crippen molar-refractivity contribution in [3.8, 4) is 0 Å². The fourth-order valence-corrected chi connectivity index (χ4v) is 5.65. The van der Waals surface area contributed by atoms with Gasteiger partial charge >= 0.3 is 0 Å². The summed E-state index contributed by atoms with van der Waals surface area (Å²) in [6.07, 6.45) is 5.06. The van der Waals surface area contributed by atoms with Gasteiger partial charge in [-0.15, -0.1) is 11.8 Å². The van der Waals surface area contributed by atoms with Crippen LogP contribution in [0.2, 0.25) is 0 Å². The number of thioether (sulfide) groups is 1. The Labute approximate surface area is 139 Å². The molecule has 23 heavy (non-hydrogen) atoms. The predicted octanol–water partition coefficient (Wildman–Crippen LogP) is 2.33. The lowest BCUT2D eigenvalue weighted by molar-refractivity contribution is -0.120. The van der Waals surface area contributed by atoms with E-state index in [2.05, 4.69) is 0 Å². The van der Waals surface area contributed by atoms with Crippen LogP contribution in [0.15, 0.2) is 33.8 Å². The highest BCUT2D eigenvalue weighted by molar-refractivity contribution is 8.05. The third kappa shape index (κ3) is 1.93. The molecule has 122 valence electrons. The van der Waals surface area contributed by atoms with Crippen LogP contribution in [-0.4, -0.2) is 40.2 Å². The summed E-state index contributed by atoms with van der Waals surface area (Å²) in [5.41, 5.74) is 0.608. The SMILES string of the molecule is COC12C=CC(CC1)C1=C2C(=O)C2=C(C1=O)C(O)CC(C)(C)S2. The van der Waals surface area contributed by atoms with E-state index in [4.69, 9.17) is 4.74 Å². The molecule has 0 aromatic heterocycles. The van der Waals surface area contributed by atoms with Crippen LogP contribution in [0, 0.1) is 5.92 Å². The molecule has 0 aromatic carbocycles. The molecule has 1 aliphatic heterocycles. The molecule has 0 fully saturated rings. The van der Waals surface area contributed by atoms with E-state index in [-0.39, 0.29) is 22.2 Å². The Hall–Kier alpha value is -1.17. The van der Waals surface area contributed by atoms with Crippen molar-refractivity contribution in [2.75, 3.05) is 7.11 Å². The van der Waals surface area contributed by atoms with Crippen molar-refractivity contribution in [1.82, 2.24) is 0 Å². The molecule has 4 nitrogen and oxygen atoms in total. The first kappa shape index (κ1) is 15.4. The van der Waals surface area contributed by atoms with Crippen LogP contribution in [0.3, 0.4) is 0 Å². The van der Waals surface area contributed by atoms with Gasteiger partial charge in [0.05, 0.1) is 11.0 Å². The van der Waals surface area contributed by atoms with Gasteiger partial charge in [-0.1, -0.05) is 26.0 Å². The summed E-state index contributed by atoms with van der Waals surface area (Å²) in [6.45, 7) is 3.98. The molecule has 1 heterocycles. The van der Waals surface area contributed by atoms with Gasteiger partial charge in [-0.25, -0.2) is 0 Å². The van der Waals surface area contributed by atoms with Crippen molar-refractivity contribution in [3.63, 3.8) is 0 Å². The highest BCUT2D eigenvalue weighted by Gasteiger charge is 2.54. The van der Waals surface area contributed by atoms with E-state index < -0.39 is 11.7 Å². The fraction of sp³-hybridized carbons (Fsp3) is 0.556. The normalized spacial score (nSPS) is 38.1.